The Bertz CT molecular complexity index is 1140. The molecule has 4 aliphatic carbocycles. The van der Waals surface area contributed by atoms with E-state index in [1.54, 1.807) is 0 Å². The summed E-state index contributed by atoms with van der Waals surface area (Å²) in [6, 6.07) is 10.0. The first-order chi connectivity index (χ1) is 20.4. The highest BCUT2D eigenvalue weighted by Crippen LogP contribution is 2.68. The highest BCUT2D eigenvalue weighted by Gasteiger charge is 2.69. The largest absolute Gasteiger partial charge is 0.393 e. The molecule has 0 radical (unpaired) electrons. The van der Waals surface area contributed by atoms with Gasteiger partial charge in [0.25, 0.3) is 0 Å². The Kier molecular flexibility index (Phi) is 8.66. The molecule has 15 atom stereocenters. The molecule has 5 fully saturated rings. The van der Waals surface area contributed by atoms with Gasteiger partial charge in [0.15, 0.2) is 6.29 Å². The Morgan fingerprint density at radius 3 is 2.37 bits per heavy atom. The summed E-state index contributed by atoms with van der Waals surface area (Å²) in [5.41, 5.74) is 0.253. The number of rotatable bonds is 6. The zero-order valence-electron chi connectivity index (χ0n) is 26.6. The zero-order chi connectivity index (χ0) is 30.8. The lowest BCUT2D eigenvalue weighted by Gasteiger charge is -2.65. The van der Waals surface area contributed by atoms with Gasteiger partial charge in [0.1, 0.15) is 5.78 Å². The Morgan fingerprint density at radius 1 is 0.953 bits per heavy atom. The highest BCUT2D eigenvalue weighted by molar-refractivity contribution is 5.85. The minimum absolute atomic E-state index is 0.00155. The van der Waals surface area contributed by atoms with Gasteiger partial charge in [0.2, 0.25) is 0 Å². The molecule has 0 spiro atoms. The number of ketones is 1. The van der Waals surface area contributed by atoms with Gasteiger partial charge < -0.3 is 29.9 Å². The van der Waals surface area contributed by atoms with Crippen LogP contribution in [-0.4, -0.2) is 63.0 Å². The van der Waals surface area contributed by atoms with Gasteiger partial charge >= 0.3 is 0 Å². The lowest BCUT2D eigenvalue weighted by Crippen LogP contribution is -2.68. The maximum Gasteiger partial charge on any atom is 0.155 e. The average Bonchev–Trinajstić information content (AvgIpc) is 3.25. The predicted molar refractivity (Wildman–Crippen MR) is 162 cm³/mol. The van der Waals surface area contributed by atoms with Gasteiger partial charge in [-0.3, -0.25) is 4.79 Å². The van der Waals surface area contributed by atoms with Gasteiger partial charge in [-0.15, -0.1) is 0 Å². The molecule has 4 N–H and O–H groups in total. The van der Waals surface area contributed by atoms with Crippen LogP contribution in [0.3, 0.4) is 0 Å². The zero-order valence-corrected chi connectivity index (χ0v) is 26.6. The van der Waals surface area contributed by atoms with Crippen molar-refractivity contribution < 1.29 is 34.7 Å². The Morgan fingerprint density at radius 2 is 1.67 bits per heavy atom. The van der Waals surface area contributed by atoms with E-state index in [1.807, 2.05) is 30.3 Å². The molecule has 0 bridgehead atoms. The second kappa shape index (κ2) is 11.8. The molecule has 1 aromatic carbocycles. The molecule has 1 heterocycles. The molecule has 8 unspecified atom stereocenters. The van der Waals surface area contributed by atoms with Crippen LogP contribution in [0.1, 0.15) is 85.1 Å². The van der Waals surface area contributed by atoms with Crippen LogP contribution in [0.15, 0.2) is 30.3 Å². The normalized spacial score (nSPS) is 48.8. The summed E-state index contributed by atoms with van der Waals surface area (Å²) in [6.45, 7) is 11.4. The van der Waals surface area contributed by atoms with E-state index >= 15 is 0 Å². The Balaban J connectivity index is 1.29. The van der Waals surface area contributed by atoms with Crippen molar-refractivity contribution in [3.63, 3.8) is 0 Å². The number of Topliss-reactive ketones (excluding diaryl/α,β-unsaturated/α-hetero) is 1. The molecule has 0 aromatic heterocycles. The Labute approximate surface area is 257 Å². The molecule has 1 aromatic rings. The van der Waals surface area contributed by atoms with Gasteiger partial charge in [-0.05, 0) is 72.2 Å². The van der Waals surface area contributed by atoms with E-state index in [4.69, 9.17) is 9.47 Å². The van der Waals surface area contributed by atoms with Gasteiger partial charge in [0.05, 0.1) is 37.1 Å². The number of hydrogen-bond acceptors (Lipinski definition) is 7. The fourth-order valence-electron chi connectivity index (χ4n) is 11.0. The summed E-state index contributed by atoms with van der Waals surface area (Å²) in [5.74, 6) is 0.181. The quantitative estimate of drug-likeness (QED) is 0.374. The number of benzene rings is 1. The minimum Gasteiger partial charge on any atom is -0.393 e. The lowest BCUT2D eigenvalue weighted by molar-refractivity contribution is -0.261. The third-order valence-electron chi connectivity index (χ3n) is 13.5. The molecule has 5 aliphatic rings. The summed E-state index contributed by atoms with van der Waals surface area (Å²) in [6.07, 6.45) is 0.770. The number of aliphatic hydroxyl groups is 4. The lowest BCUT2D eigenvalue weighted by atomic mass is 9.42. The van der Waals surface area contributed by atoms with Crippen molar-refractivity contribution in [2.75, 3.05) is 0 Å². The van der Waals surface area contributed by atoms with E-state index in [-0.39, 0.29) is 58.9 Å². The first kappa shape index (κ1) is 31.6. The molecular weight excluding hydrogens is 544 g/mol. The van der Waals surface area contributed by atoms with E-state index < -0.39 is 30.0 Å². The van der Waals surface area contributed by atoms with Crippen molar-refractivity contribution in [1.82, 2.24) is 0 Å². The summed E-state index contributed by atoms with van der Waals surface area (Å²) in [4.78, 5) is 14.1. The van der Waals surface area contributed by atoms with Crippen molar-refractivity contribution in [1.29, 1.82) is 0 Å². The van der Waals surface area contributed by atoms with Crippen LogP contribution < -0.4 is 0 Å². The van der Waals surface area contributed by atoms with E-state index in [9.17, 15) is 25.2 Å². The van der Waals surface area contributed by atoms with Crippen molar-refractivity contribution >= 4 is 5.78 Å². The number of fused-ring (bicyclic) bond motifs is 5. The molecule has 6 rings (SSSR count). The van der Waals surface area contributed by atoms with E-state index in [2.05, 4.69) is 34.6 Å². The van der Waals surface area contributed by atoms with Crippen LogP contribution in [-0.2, 0) is 20.9 Å². The topological polar surface area (TPSA) is 116 Å². The van der Waals surface area contributed by atoms with Crippen LogP contribution in [0, 0.1) is 58.2 Å². The van der Waals surface area contributed by atoms with Crippen molar-refractivity contribution in [3.05, 3.63) is 35.9 Å². The summed E-state index contributed by atoms with van der Waals surface area (Å²) < 4.78 is 12.7. The third kappa shape index (κ3) is 5.24. The standard InChI is InChI=1S/C36H54O7/c1-19(2)22-13-28(43-30(39)14-22)20(3)25-17-27(38)32-31-24(11-12-35(25,32)4)36(5)26(33(40)34(31)41)15-23(37)16-29(36)42-18-21-9-7-6-8-10-21/h6-10,19-20,22-26,28-34,37,39-41H,11-18H2,1-5H3/t20-,22?,23+,24?,25?,26?,28?,29+,30?,31?,32?,33-,34-,35-,36-/m1/s1. The number of ether oxygens (including phenoxy) is 2. The minimum atomic E-state index is -1.03. The average molecular weight is 599 g/mol. The number of hydrogen-bond donors (Lipinski definition) is 4. The van der Waals surface area contributed by atoms with Crippen molar-refractivity contribution in [3.8, 4) is 0 Å². The maximum atomic E-state index is 14.1. The van der Waals surface area contributed by atoms with E-state index in [0.29, 0.717) is 44.1 Å². The molecule has 1 saturated heterocycles. The third-order valence-corrected chi connectivity index (χ3v) is 13.5. The smallest absolute Gasteiger partial charge is 0.155 e. The van der Waals surface area contributed by atoms with Crippen LogP contribution >= 0.6 is 0 Å². The SMILES string of the molecule is CC(C)C1CC(O)OC([C@H](C)C2CC(=O)C3C4C(CC[C@@]32C)[C@]2(C)C(C[C@H](O)C[C@@H]2OCc2ccccc2)[C@@H](O)[C@@H]4O)C1. The number of carbonyl (C=O) groups excluding carboxylic acids is 1. The van der Waals surface area contributed by atoms with Crippen molar-refractivity contribution in [2.45, 2.75) is 123 Å². The predicted octanol–water partition coefficient (Wildman–Crippen LogP) is 4.73. The maximum absolute atomic E-state index is 14.1. The molecule has 240 valence electrons. The molecule has 0 amide bonds. The molecule has 7 heteroatoms. The monoisotopic (exact) mass is 598 g/mol. The first-order valence-electron chi connectivity index (χ1n) is 16.9. The molecule has 1 aliphatic heterocycles. The summed E-state index contributed by atoms with van der Waals surface area (Å²) in [7, 11) is 0. The molecular formula is C36H54O7. The number of carbonyl (C=O) groups is 1. The van der Waals surface area contributed by atoms with Crippen LogP contribution in [0.2, 0.25) is 0 Å². The van der Waals surface area contributed by atoms with E-state index in [1.165, 1.54) is 0 Å². The van der Waals surface area contributed by atoms with Crippen LogP contribution in [0.4, 0.5) is 0 Å². The fourth-order valence-corrected chi connectivity index (χ4v) is 11.0. The summed E-state index contributed by atoms with van der Waals surface area (Å²) >= 11 is 0. The van der Waals surface area contributed by atoms with Gasteiger partial charge in [-0.1, -0.05) is 65.0 Å². The van der Waals surface area contributed by atoms with Crippen LogP contribution in [0.25, 0.3) is 0 Å². The van der Waals surface area contributed by atoms with Gasteiger partial charge in [-0.25, -0.2) is 0 Å². The summed E-state index contributed by atoms with van der Waals surface area (Å²) in [5, 5.41) is 45.0. The fraction of sp³-hybridized carbons (Fsp3) is 0.806. The second-order valence-electron chi connectivity index (χ2n) is 15.8. The first-order valence-corrected chi connectivity index (χ1v) is 16.9. The second-order valence-corrected chi connectivity index (χ2v) is 15.8. The highest BCUT2D eigenvalue weighted by atomic mass is 16.6. The van der Waals surface area contributed by atoms with Crippen LogP contribution in [0.5, 0.6) is 0 Å². The van der Waals surface area contributed by atoms with Gasteiger partial charge in [-0.2, -0.15) is 0 Å². The molecule has 43 heavy (non-hydrogen) atoms. The Hall–Kier alpha value is -1.35. The molecule has 4 saturated carbocycles. The van der Waals surface area contributed by atoms with Crippen molar-refractivity contribution in [2.24, 2.45) is 58.2 Å². The van der Waals surface area contributed by atoms with Gasteiger partial charge in [0, 0.05) is 36.5 Å². The molecule has 7 nitrogen and oxygen atoms in total. The van der Waals surface area contributed by atoms with E-state index in [0.717, 1.165) is 24.8 Å². The number of aliphatic hydroxyl groups excluding tert-OH is 4.